The van der Waals surface area contributed by atoms with Crippen LogP contribution in [0.5, 0.6) is 0 Å². The highest BCUT2D eigenvalue weighted by molar-refractivity contribution is 6.31. The van der Waals surface area contributed by atoms with Crippen LogP contribution in [-0.4, -0.2) is 17.3 Å². The first-order valence-corrected chi connectivity index (χ1v) is 7.97. The first-order chi connectivity index (χ1) is 10.8. The number of rotatable bonds is 5. The molecule has 22 heavy (non-hydrogen) atoms. The molecule has 0 amide bonds. The Hall–Kier alpha value is -1.84. The second-order valence-electron chi connectivity index (χ2n) is 5.53. The monoisotopic (exact) mass is 313 g/mol. The van der Waals surface area contributed by atoms with Gasteiger partial charge >= 0.3 is 0 Å². The van der Waals surface area contributed by atoms with Gasteiger partial charge in [-0.25, -0.2) is 0 Å². The van der Waals surface area contributed by atoms with Gasteiger partial charge in [0.15, 0.2) is 0 Å². The third kappa shape index (κ3) is 3.32. The fourth-order valence-corrected chi connectivity index (χ4v) is 3.13. The molecule has 0 bridgehead atoms. The molecule has 0 spiro atoms. The van der Waals surface area contributed by atoms with E-state index in [9.17, 15) is 0 Å². The molecule has 2 N–H and O–H groups in total. The Morgan fingerprint density at radius 1 is 1.09 bits per heavy atom. The van der Waals surface area contributed by atoms with Crippen molar-refractivity contribution in [3.8, 4) is 0 Å². The van der Waals surface area contributed by atoms with Crippen molar-refractivity contribution in [1.29, 1.82) is 0 Å². The van der Waals surface area contributed by atoms with E-state index in [0.717, 1.165) is 35.7 Å². The number of hydrazone groups is 1. The predicted molar refractivity (Wildman–Crippen MR) is 91.9 cm³/mol. The largest absolute Gasteiger partial charge is 0.330 e. The SMILES string of the molecule is NCCC1=NN(Cc2ccccc2)C(c2ccccc2Cl)C1. The molecule has 0 fully saturated rings. The summed E-state index contributed by atoms with van der Waals surface area (Å²) >= 11 is 6.40. The van der Waals surface area contributed by atoms with Crippen LogP contribution >= 0.6 is 11.6 Å². The molecule has 0 radical (unpaired) electrons. The maximum absolute atomic E-state index is 6.40. The molecule has 0 aromatic heterocycles. The second-order valence-corrected chi connectivity index (χ2v) is 5.94. The summed E-state index contributed by atoms with van der Waals surface area (Å²) in [6.07, 6.45) is 1.74. The first-order valence-electron chi connectivity index (χ1n) is 7.59. The molecule has 2 aromatic carbocycles. The molecule has 4 heteroatoms. The standard InChI is InChI=1S/C18H20ClN3/c19-17-9-5-4-8-16(17)18-12-15(10-11-20)21-22(18)13-14-6-2-1-3-7-14/h1-9,18H,10-13,20H2. The van der Waals surface area contributed by atoms with Gasteiger partial charge in [-0.2, -0.15) is 5.10 Å². The van der Waals surface area contributed by atoms with Gasteiger partial charge in [-0.15, -0.1) is 0 Å². The number of benzene rings is 2. The Morgan fingerprint density at radius 2 is 1.82 bits per heavy atom. The molecular weight excluding hydrogens is 294 g/mol. The summed E-state index contributed by atoms with van der Waals surface area (Å²) < 4.78 is 0. The van der Waals surface area contributed by atoms with E-state index < -0.39 is 0 Å². The van der Waals surface area contributed by atoms with Crippen LogP contribution in [0.25, 0.3) is 0 Å². The van der Waals surface area contributed by atoms with Gasteiger partial charge in [-0.3, -0.25) is 5.01 Å². The summed E-state index contributed by atoms with van der Waals surface area (Å²) in [5, 5.41) is 7.72. The zero-order valence-corrected chi connectivity index (χ0v) is 13.2. The van der Waals surface area contributed by atoms with Crippen LogP contribution in [0.15, 0.2) is 59.7 Å². The van der Waals surface area contributed by atoms with Crippen molar-refractivity contribution < 1.29 is 0 Å². The summed E-state index contributed by atoms with van der Waals surface area (Å²) in [4.78, 5) is 0. The number of hydrogen-bond acceptors (Lipinski definition) is 3. The van der Waals surface area contributed by atoms with E-state index in [4.69, 9.17) is 22.4 Å². The summed E-state index contributed by atoms with van der Waals surface area (Å²) in [5.41, 5.74) is 9.23. The van der Waals surface area contributed by atoms with E-state index in [1.165, 1.54) is 5.56 Å². The van der Waals surface area contributed by atoms with Gasteiger partial charge < -0.3 is 5.73 Å². The van der Waals surface area contributed by atoms with Gasteiger partial charge in [0.05, 0.1) is 12.6 Å². The first kappa shape index (κ1) is 15.1. The smallest absolute Gasteiger partial charge is 0.0791 e. The minimum Gasteiger partial charge on any atom is -0.330 e. The van der Waals surface area contributed by atoms with E-state index >= 15 is 0 Å². The zero-order chi connectivity index (χ0) is 15.4. The molecule has 1 unspecified atom stereocenters. The highest BCUT2D eigenvalue weighted by Gasteiger charge is 2.28. The number of nitrogens with zero attached hydrogens (tertiary/aromatic N) is 2. The number of hydrogen-bond donors (Lipinski definition) is 1. The van der Waals surface area contributed by atoms with Crippen molar-refractivity contribution in [3.05, 3.63) is 70.7 Å². The molecule has 0 saturated heterocycles. The maximum atomic E-state index is 6.40. The van der Waals surface area contributed by atoms with Crippen molar-refractivity contribution >= 4 is 17.3 Å². The average Bonchev–Trinajstić information content (AvgIpc) is 2.91. The van der Waals surface area contributed by atoms with Crippen molar-refractivity contribution in [1.82, 2.24) is 5.01 Å². The Morgan fingerprint density at radius 3 is 2.55 bits per heavy atom. The Balaban J connectivity index is 1.86. The van der Waals surface area contributed by atoms with E-state index in [1.54, 1.807) is 0 Å². The molecule has 1 atom stereocenters. The molecule has 2 aromatic rings. The summed E-state index contributed by atoms with van der Waals surface area (Å²) in [7, 11) is 0. The van der Waals surface area contributed by atoms with Crippen LogP contribution < -0.4 is 5.73 Å². The molecule has 3 nitrogen and oxygen atoms in total. The summed E-state index contributed by atoms with van der Waals surface area (Å²) in [6, 6.07) is 18.6. The summed E-state index contributed by atoms with van der Waals surface area (Å²) in [5.74, 6) is 0. The van der Waals surface area contributed by atoms with E-state index in [1.807, 2.05) is 24.3 Å². The Labute approximate surface area is 136 Å². The van der Waals surface area contributed by atoms with Crippen LogP contribution in [-0.2, 0) is 6.54 Å². The van der Waals surface area contributed by atoms with Gasteiger partial charge in [0, 0.05) is 17.2 Å². The third-order valence-electron chi connectivity index (χ3n) is 3.94. The predicted octanol–water partition coefficient (Wildman–Crippen LogP) is 3.99. The Bertz CT molecular complexity index is 654. The van der Waals surface area contributed by atoms with Crippen molar-refractivity contribution in [2.75, 3.05) is 6.54 Å². The van der Waals surface area contributed by atoms with Crippen LogP contribution in [0.4, 0.5) is 0 Å². The van der Waals surface area contributed by atoms with E-state index in [0.29, 0.717) is 6.54 Å². The third-order valence-corrected chi connectivity index (χ3v) is 4.29. The lowest BCUT2D eigenvalue weighted by molar-refractivity contribution is 0.224. The molecule has 1 aliphatic rings. The van der Waals surface area contributed by atoms with Crippen molar-refractivity contribution in [3.63, 3.8) is 0 Å². The average molecular weight is 314 g/mol. The van der Waals surface area contributed by atoms with Gasteiger partial charge in [-0.05, 0) is 30.2 Å². The quantitative estimate of drug-likeness (QED) is 0.906. The molecule has 1 heterocycles. The molecule has 0 aliphatic carbocycles. The fourth-order valence-electron chi connectivity index (χ4n) is 2.87. The van der Waals surface area contributed by atoms with Gasteiger partial charge in [0.25, 0.3) is 0 Å². The zero-order valence-electron chi connectivity index (χ0n) is 12.5. The van der Waals surface area contributed by atoms with Gasteiger partial charge in [0.1, 0.15) is 0 Å². The Kier molecular flexibility index (Phi) is 4.76. The van der Waals surface area contributed by atoms with Crippen LogP contribution in [0.3, 0.4) is 0 Å². The van der Waals surface area contributed by atoms with Crippen molar-refractivity contribution in [2.45, 2.75) is 25.4 Å². The lowest BCUT2D eigenvalue weighted by Crippen LogP contribution is -2.19. The maximum Gasteiger partial charge on any atom is 0.0791 e. The topological polar surface area (TPSA) is 41.6 Å². The molecular formula is C18H20ClN3. The molecule has 3 rings (SSSR count). The van der Waals surface area contributed by atoms with Crippen LogP contribution in [0, 0.1) is 0 Å². The second kappa shape index (κ2) is 6.95. The highest BCUT2D eigenvalue weighted by atomic mass is 35.5. The molecule has 114 valence electrons. The van der Waals surface area contributed by atoms with Crippen LogP contribution in [0.2, 0.25) is 5.02 Å². The minimum atomic E-state index is 0.190. The van der Waals surface area contributed by atoms with Crippen molar-refractivity contribution in [2.24, 2.45) is 10.8 Å². The van der Waals surface area contributed by atoms with E-state index in [-0.39, 0.29) is 6.04 Å². The molecule has 1 aliphatic heterocycles. The molecule has 0 saturated carbocycles. The number of halogens is 1. The highest BCUT2D eigenvalue weighted by Crippen LogP contribution is 2.36. The lowest BCUT2D eigenvalue weighted by Gasteiger charge is -2.24. The van der Waals surface area contributed by atoms with Gasteiger partial charge in [-0.1, -0.05) is 60.1 Å². The summed E-state index contributed by atoms with van der Waals surface area (Å²) in [6.45, 7) is 1.41. The fraction of sp³-hybridized carbons (Fsp3) is 0.278. The van der Waals surface area contributed by atoms with E-state index in [2.05, 4.69) is 35.3 Å². The van der Waals surface area contributed by atoms with Gasteiger partial charge in [0.2, 0.25) is 0 Å². The number of nitrogens with two attached hydrogens (primary N) is 1. The lowest BCUT2D eigenvalue weighted by atomic mass is 10.0. The van der Waals surface area contributed by atoms with Crippen LogP contribution in [0.1, 0.15) is 30.0 Å². The normalized spacial score (nSPS) is 17.6. The minimum absolute atomic E-state index is 0.190.